The first-order valence-electron chi connectivity index (χ1n) is 7.67. The van der Waals surface area contributed by atoms with Gasteiger partial charge in [-0.25, -0.2) is 0 Å². The molecule has 0 unspecified atom stereocenters. The molecule has 0 aliphatic rings. The van der Waals surface area contributed by atoms with Crippen molar-refractivity contribution in [3.8, 4) is 11.1 Å². The highest BCUT2D eigenvalue weighted by Crippen LogP contribution is 2.37. The molecule has 4 N–H and O–H groups in total. The van der Waals surface area contributed by atoms with E-state index in [4.69, 9.17) is 5.73 Å². The fourth-order valence-electron chi connectivity index (χ4n) is 3.11. The van der Waals surface area contributed by atoms with Crippen molar-refractivity contribution in [3.05, 3.63) is 64.8 Å². The highest BCUT2D eigenvalue weighted by molar-refractivity contribution is 6.10. The molecule has 0 radical (unpaired) electrons. The van der Waals surface area contributed by atoms with Crippen LogP contribution in [0.4, 0.5) is 8.78 Å². The topological polar surface area (TPSA) is 87.6 Å². The van der Waals surface area contributed by atoms with Gasteiger partial charge in [-0.15, -0.1) is 0 Å². The van der Waals surface area contributed by atoms with Gasteiger partial charge in [0, 0.05) is 23.5 Å². The van der Waals surface area contributed by atoms with Crippen LogP contribution in [0.25, 0.3) is 32.7 Å². The van der Waals surface area contributed by atoms with Crippen molar-refractivity contribution in [2.24, 2.45) is 5.73 Å². The molecule has 4 rings (SSSR count). The molecule has 126 valence electrons. The van der Waals surface area contributed by atoms with Crippen LogP contribution in [0, 0.1) is 0 Å². The van der Waals surface area contributed by atoms with Crippen molar-refractivity contribution in [2.45, 2.75) is 5.92 Å². The number of fused-ring (bicyclic) bond motifs is 3. The second-order valence-electron chi connectivity index (χ2n) is 5.85. The number of benzene rings is 2. The van der Waals surface area contributed by atoms with Crippen LogP contribution in [0.5, 0.6) is 0 Å². The second-order valence-corrected chi connectivity index (χ2v) is 5.85. The summed E-state index contributed by atoms with van der Waals surface area (Å²) < 4.78 is 28.8. The fraction of sp³-hybridized carbons (Fsp3) is 0.111. The summed E-state index contributed by atoms with van der Waals surface area (Å²) in [6.07, 6.45) is 4.78. The van der Waals surface area contributed by atoms with Crippen LogP contribution in [0.15, 0.2) is 53.7 Å². The van der Waals surface area contributed by atoms with Crippen LogP contribution >= 0.6 is 0 Å². The molecular weight excluding hydrogens is 326 g/mol. The van der Waals surface area contributed by atoms with Gasteiger partial charge in [-0.1, -0.05) is 12.1 Å². The van der Waals surface area contributed by atoms with E-state index in [2.05, 4.69) is 15.2 Å². The lowest BCUT2D eigenvalue weighted by Crippen LogP contribution is -2.25. The lowest BCUT2D eigenvalue weighted by Gasteiger charge is -2.18. The summed E-state index contributed by atoms with van der Waals surface area (Å²) >= 11 is 0. The smallest absolute Gasteiger partial charge is 0.285 e. The number of hydrogen-bond acceptors (Lipinski definition) is 3. The number of aromatic amines is 2. The molecule has 5 nitrogen and oxygen atoms in total. The lowest BCUT2D eigenvalue weighted by atomic mass is 9.92. The number of nitrogens with one attached hydrogen (secondary N) is 2. The number of rotatable bonds is 3. The predicted molar refractivity (Wildman–Crippen MR) is 92.6 cm³/mol. The van der Waals surface area contributed by atoms with Gasteiger partial charge >= 0.3 is 0 Å². The van der Waals surface area contributed by atoms with Crippen LogP contribution in [0.3, 0.4) is 0 Å². The molecule has 7 heteroatoms. The van der Waals surface area contributed by atoms with Crippen molar-refractivity contribution in [1.82, 2.24) is 15.2 Å². The molecule has 0 aliphatic heterocycles. The molecule has 25 heavy (non-hydrogen) atoms. The minimum atomic E-state index is -3.19. The third-order valence-electron chi connectivity index (χ3n) is 4.35. The van der Waals surface area contributed by atoms with Crippen molar-refractivity contribution in [2.75, 3.05) is 6.54 Å². The van der Waals surface area contributed by atoms with E-state index in [1.165, 1.54) is 12.3 Å². The quantitative estimate of drug-likeness (QED) is 0.501. The zero-order valence-corrected chi connectivity index (χ0v) is 13.0. The van der Waals surface area contributed by atoms with Crippen LogP contribution in [0.2, 0.25) is 0 Å². The summed E-state index contributed by atoms with van der Waals surface area (Å²) in [5, 5.41) is 8.21. The number of hydrogen-bond donors (Lipinski definition) is 3. The molecule has 2 aromatic carbocycles. The van der Waals surface area contributed by atoms with Gasteiger partial charge in [0.2, 0.25) is 0 Å². The van der Waals surface area contributed by atoms with E-state index in [9.17, 15) is 13.6 Å². The summed E-state index contributed by atoms with van der Waals surface area (Å²) in [5.41, 5.74) is 6.36. The maximum absolute atomic E-state index is 14.4. The van der Waals surface area contributed by atoms with Gasteiger partial charge in [-0.05, 0) is 39.9 Å². The first kappa shape index (κ1) is 15.5. The van der Waals surface area contributed by atoms with Gasteiger partial charge in [-0.3, -0.25) is 9.89 Å². The minimum absolute atomic E-state index is 0.179. The number of halogens is 2. The second kappa shape index (κ2) is 5.49. The maximum Gasteiger partial charge on any atom is 0.285 e. The first-order chi connectivity index (χ1) is 12.0. The third kappa shape index (κ3) is 2.40. The van der Waals surface area contributed by atoms with E-state index in [-0.39, 0.29) is 11.1 Å². The van der Waals surface area contributed by atoms with Gasteiger partial charge in [0.1, 0.15) is 0 Å². The minimum Gasteiger partial charge on any atom is -0.329 e. The Balaban J connectivity index is 2.17. The molecule has 0 fully saturated rings. The van der Waals surface area contributed by atoms with Gasteiger partial charge in [0.25, 0.3) is 11.5 Å². The molecule has 0 saturated heterocycles. The van der Waals surface area contributed by atoms with E-state index in [1.807, 2.05) is 0 Å². The highest BCUT2D eigenvalue weighted by Gasteiger charge is 2.32. The number of nitrogens with two attached hydrogens (primary N) is 1. The fourth-order valence-corrected chi connectivity index (χ4v) is 3.11. The molecule has 0 aliphatic carbocycles. The zero-order chi connectivity index (χ0) is 17.6. The Labute approximate surface area is 140 Å². The van der Waals surface area contributed by atoms with E-state index in [1.54, 1.807) is 36.7 Å². The molecule has 0 spiro atoms. The van der Waals surface area contributed by atoms with Crippen LogP contribution in [-0.4, -0.2) is 21.7 Å². The van der Waals surface area contributed by atoms with Crippen LogP contribution < -0.4 is 11.3 Å². The van der Waals surface area contributed by atoms with Gasteiger partial charge in [0.15, 0.2) is 0 Å². The molecule has 0 amide bonds. The zero-order valence-electron chi connectivity index (χ0n) is 13.0. The van der Waals surface area contributed by atoms with E-state index < -0.39 is 12.5 Å². The molecule has 0 saturated carbocycles. The Hall–Kier alpha value is -3.06. The molecule has 2 aromatic heterocycles. The highest BCUT2D eigenvalue weighted by atomic mass is 19.3. The molecular formula is C18H14F2N4O. The Bertz CT molecular complexity index is 1130. The van der Waals surface area contributed by atoms with E-state index in [0.717, 1.165) is 11.1 Å². The Morgan fingerprint density at radius 3 is 2.68 bits per heavy atom. The largest absolute Gasteiger partial charge is 0.329 e. The van der Waals surface area contributed by atoms with Gasteiger partial charge in [0.05, 0.1) is 18.1 Å². The number of alkyl halides is 2. The van der Waals surface area contributed by atoms with Crippen molar-refractivity contribution in [1.29, 1.82) is 0 Å². The average Bonchev–Trinajstić information content (AvgIpc) is 3.15. The van der Waals surface area contributed by atoms with E-state index >= 15 is 0 Å². The Morgan fingerprint density at radius 1 is 1.12 bits per heavy atom. The summed E-state index contributed by atoms with van der Waals surface area (Å²) in [5.74, 6) is -3.19. The first-order valence-corrected chi connectivity index (χ1v) is 7.67. The van der Waals surface area contributed by atoms with Crippen LogP contribution in [0.1, 0.15) is 5.56 Å². The summed E-state index contributed by atoms with van der Waals surface area (Å²) in [4.78, 5) is 14.9. The molecule has 4 aromatic rings. The number of H-pyrrole nitrogens is 2. The summed E-state index contributed by atoms with van der Waals surface area (Å²) in [7, 11) is 0. The lowest BCUT2D eigenvalue weighted by molar-refractivity contribution is 0.00765. The SMILES string of the molecule is NCC(F)(F)c1cc2cc[nH]c(=O)c2c2cc(-c3cn[nH]c3)ccc12. The van der Waals surface area contributed by atoms with Crippen LogP contribution in [-0.2, 0) is 5.92 Å². The standard InChI is InChI=1S/C18H14F2N4O/c19-18(20,9-21)15-6-11-3-4-22-17(25)16(11)14-5-10(1-2-13(14)15)12-7-23-24-8-12/h1-8H,9,21H2,(H,22,25)(H,23,24). The maximum atomic E-state index is 14.4. The number of aromatic nitrogens is 3. The normalized spacial score (nSPS) is 12.1. The molecule has 0 bridgehead atoms. The summed E-state index contributed by atoms with van der Waals surface area (Å²) in [6.45, 7) is -0.805. The molecule has 0 atom stereocenters. The van der Waals surface area contributed by atoms with Crippen molar-refractivity contribution < 1.29 is 8.78 Å². The Morgan fingerprint density at radius 2 is 1.96 bits per heavy atom. The monoisotopic (exact) mass is 340 g/mol. The van der Waals surface area contributed by atoms with Crippen molar-refractivity contribution >= 4 is 21.5 Å². The number of nitrogens with zero attached hydrogens (tertiary/aromatic N) is 1. The third-order valence-corrected chi connectivity index (χ3v) is 4.35. The predicted octanol–water partition coefficient (Wildman–Crippen LogP) is 3.12. The molecule has 2 heterocycles. The van der Waals surface area contributed by atoms with Gasteiger partial charge in [-0.2, -0.15) is 13.9 Å². The Kier molecular flexibility index (Phi) is 3.40. The number of pyridine rings is 1. The average molecular weight is 340 g/mol. The van der Waals surface area contributed by atoms with Gasteiger partial charge < -0.3 is 10.7 Å². The summed E-state index contributed by atoms with van der Waals surface area (Å²) in [6, 6.07) is 8.01. The van der Waals surface area contributed by atoms with E-state index in [0.29, 0.717) is 21.5 Å². The van der Waals surface area contributed by atoms with Crippen molar-refractivity contribution in [3.63, 3.8) is 0 Å².